The molecule has 0 aliphatic carbocycles. The van der Waals surface area contributed by atoms with Gasteiger partial charge in [-0.2, -0.15) is 0 Å². The fourth-order valence-corrected chi connectivity index (χ4v) is 2.96. The lowest BCUT2D eigenvalue weighted by atomic mass is 10.0. The fraction of sp³-hybridized carbons (Fsp3) is 0.211. The molecule has 7 heteroatoms. The highest BCUT2D eigenvalue weighted by Gasteiger charge is 2.38. The Hall–Kier alpha value is -3.35. The monoisotopic (exact) mass is 352 g/mol. The Morgan fingerprint density at radius 2 is 1.88 bits per heavy atom. The molecule has 0 aromatic heterocycles. The molecule has 3 rings (SSSR count). The largest absolute Gasteiger partial charge is 0.399 e. The van der Waals surface area contributed by atoms with Gasteiger partial charge in [-0.3, -0.25) is 14.9 Å². The van der Waals surface area contributed by atoms with Gasteiger partial charge in [0.2, 0.25) is 0 Å². The van der Waals surface area contributed by atoms with Crippen LogP contribution in [0.4, 0.5) is 10.5 Å². The predicted octanol–water partition coefficient (Wildman–Crippen LogP) is 1.29. The highest BCUT2D eigenvalue weighted by Crippen LogP contribution is 2.19. The van der Waals surface area contributed by atoms with Gasteiger partial charge in [0, 0.05) is 31.3 Å². The smallest absolute Gasteiger partial charge is 0.325 e. The summed E-state index contributed by atoms with van der Waals surface area (Å²) in [6, 6.07) is 13.2. The molecule has 2 aromatic rings. The molecule has 4 N–H and O–H groups in total. The zero-order valence-corrected chi connectivity index (χ0v) is 14.4. The van der Waals surface area contributed by atoms with Crippen molar-refractivity contribution in [3.05, 3.63) is 65.2 Å². The highest BCUT2D eigenvalue weighted by atomic mass is 16.2. The lowest BCUT2D eigenvalue weighted by Crippen LogP contribution is -2.36. The summed E-state index contributed by atoms with van der Waals surface area (Å²) in [5, 5.41) is 4.93. The van der Waals surface area contributed by atoms with Crippen LogP contribution >= 0.6 is 0 Å². The molecule has 2 aromatic carbocycles. The molecule has 134 valence electrons. The van der Waals surface area contributed by atoms with Gasteiger partial charge in [-0.25, -0.2) is 4.79 Å². The van der Waals surface area contributed by atoms with Gasteiger partial charge in [0.15, 0.2) is 0 Å². The minimum atomic E-state index is -0.602. The van der Waals surface area contributed by atoms with E-state index in [1.165, 1.54) is 4.90 Å². The first-order valence-corrected chi connectivity index (χ1v) is 8.25. The van der Waals surface area contributed by atoms with E-state index in [0.29, 0.717) is 17.7 Å². The van der Waals surface area contributed by atoms with Crippen molar-refractivity contribution in [1.29, 1.82) is 0 Å². The van der Waals surface area contributed by atoms with Crippen LogP contribution in [0.15, 0.2) is 48.5 Å². The molecule has 0 radical (unpaired) electrons. The van der Waals surface area contributed by atoms with Crippen LogP contribution in [-0.2, 0) is 17.8 Å². The third kappa shape index (κ3) is 3.66. The topological polar surface area (TPSA) is 105 Å². The number of imide groups is 1. The van der Waals surface area contributed by atoms with E-state index in [-0.39, 0.29) is 18.4 Å². The van der Waals surface area contributed by atoms with Gasteiger partial charge >= 0.3 is 6.03 Å². The lowest BCUT2D eigenvalue weighted by molar-refractivity contribution is -0.121. The highest BCUT2D eigenvalue weighted by molar-refractivity contribution is 6.04. The minimum absolute atomic E-state index is 0.202. The summed E-state index contributed by atoms with van der Waals surface area (Å²) in [5.41, 5.74) is 8.53. The van der Waals surface area contributed by atoms with Crippen LogP contribution < -0.4 is 16.4 Å². The Bertz CT molecular complexity index is 848. The van der Waals surface area contributed by atoms with Crippen molar-refractivity contribution in [3.8, 4) is 0 Å². The first-order chi connectivity index (χ1) is 12.5. The molecular weight excluding hydrogens is 332 g/mol. The molecule has 1 atom stereocenters. The number of hydrogen-bond donors (Lipinski definition) is 3. The molecule has 7 nitrogen and oxygen atoms in total. The zero-order chi connectivity index (χ0) is 18.7. The maximum Gasteiger partial charge on any atom is 0.325 e. The standard InChI is InChI=1S/C19H20N4O3/c1-21-17(24)14-4-2-3-13(9-14)11-23-16(18(25)22-19(23)26)10-12-5-7-15(20)8-6-12/h2-9,16H,10-11,20H2,1H3,(H,21,24)(H,22,25,26). The molecule has 0 saturated carbocycles. The molecule has 4 amide bonds. The van der Waals surface area contributed by atoms with Crippen LogP contribution in [-0.4, -0.2) is 35.8 Å². The maximum atomic E-state index is 12.2. The van der Waals surface area contributed by atoms with Crippen molar-refractivity contribution in [2.75, 3.05) is 12.8 Å². The number of nitrogens with one attached hydrogen (secondary N) is 2. The van der Waals surface area contributed by atoms with E-state index in [1.54, 1.807) is 37.4 Å². The van der Waals surface area contributed by atoms with Crippen molar-refractivity contribution in [2.24, 2.45) is 0 Å². The maximum absolute atomic E-state index is 12.2. The number of urea groups is 1. The summed E-state index contributed by atoms with van der Waals surface area (Å²) in [6.45, 7) is 0.238. The molecular formula is C19H20N4O3. The lowest BCUT2D eigenvalue weighted by Gasteiger charge is -2.22. The van der Waals surface area contributed by atoms with Gasteiger partial charge in [0.25, 0.3) is 11.8 Å². The first-order valence-electron chi connectivity index (χ1n) is 8.25. The Balaban J connectivity index is 1.80. The summed E-state index contributed by atoms with van der Waals surface area (Å²) >= 11 is 0. The quantitative estimate of drug-likeness (QED) is 0.557. The Morgan fingerprint density at radius 3 is 2.58 bits per heavy atom. The van der Waals surface area contributed by atoms with E-state index in [2.05, 4.69) is 10.6 Å². The fourth-order valence-electron chi connectivity index (χ4n) is 2.96. The number of hydrogen-bond acceptors (Lipinski definition) is 4. The summed E-state index contributed by atoms with van der Waals surface area (Å²) in [4.78, 5) is 37.7. The van der Waals surface area contributed by atoms with E-state index in [9.17, 15) is 14.4 Å². The van der Waals surface area contributed by atoms with E-state index >= 15 is 0 Å². The van der Waals surface area contributed by atoms with Gasteiger partial charge in [0.05, 0.1) is 0 Å². The van der Waals surface area contributed by atoms with Crippen molar-refractivity contribution in [2.45, 2.75) is 19.0 Å². The van der Waals surface area contributed by atoms with Crippen molar-refractivity contribution >= 4 is 23.5 Å². The van der Waals surface area contributed by atoms with Crippen LogP contribution in [0.5, 0.6) is 0 Å². The number of nitrogens with zero attached hydrogens (tertiary/aromatic N) is 1. The average molecular weight is 352 g/mol. The second-order valence-electron chi connectivity index (χ2n) is 6.16. The second kappa shape index (κ2) is 7.26. The van der Waals surface area contributed by atoms with Crippen LogP contribution in [0.25, 0.3) is 0 Å². The summed E-state index contributed by atoms with van der Waals surface area (Å²) in [6.07, 6.45) is 0.396. The number of rotatable bonds is 5. The van der Waals surface area contributed by atoms with Crippen molar-refractivity contribution in [1.82, 2.24) is 15.5 Å². The van der Waals surface area contributed by atoms with Gasteiger partial charge in [0.1, 0.15) is 6.04 Å². The number of nitrogens with two attached hydrogens (primary N) is 1. The molecule has 1 aliphatic heterocycles. The molecule has 1 aliphatic rings. The number of nitrogen functional groups attached to an aromatic ring is 1. The molecule has 0 spiro atoms. The normalized spacial score (nSPS) is 16.5. The molecule has 26 heavy (non-hydrogen) atoms. The van der Waals surface area contributed by atoms with E-state index < -0.39 is 12.1 Å². The van der Waals surface area contributed by atoms with Gasteiger partial charge < -0.3 is 16.0 Å². The average Bonchev–Trinajstić information content (AvgIpc) is 2.90. The van der Waals surface area contributed by atoms with Crippen molar-refractivity contribution < 1.29 is 14.4 Å². The molecule has 0 bridgehead atoms. The molecule has 1 fully saturated rings. The molecule has 1 heterocycles. The van der Waals surface area contributed by atoms with Gasteiger partial charge in [-0.1, -0.05) is 24.3 Å². The Morgan fingerprint density at radius 1 is 1.15 bits per heavy atom. The number of carbonyl (C=O) groups excluding carboxylic acids is 3. The van der Waals surface area contributed by atoms with E-state index in [0.717, 1.165) is 11.1 Å². The molecule has 1 saturated heterocycles. The SMILES string of the molecule is CNC(=O)c1cccc(CN2C(=O)NC(=O)C2Cc2ccc(N)cc2)c1. The summed E-state index contributed by atoms with van der Waals surface area (Å²) < 4.78 is 0. The van der Waals surface area contributed by atoms with Gasteiger partial charge in [-0.15, -0.1) is 0 Å². The third-order valence-corrected chi connectivity index (χ3v) is 4.35. The van der Waals surface area contributed by atoms with Crippen LogP contribution in [0.3, 0.4) is 0 Å². The zero-order valence-electron chi connectivity index (χ0n) is 14.4. The Kier molecular flexibility index (Phi) is 4.88. The van der Waals surface area contributed by atoms with Gasteiger partial charge in [-0.05, 0) is 35.4 Å². The van der Waals surface area contributed by atoms with Crippen molar-refractivity contribution in [3.63, 3.8) is 0 Å². The summed E-state index contributed by atoms with van der Waals surface area (Å²) in [7, 11) is 1.56. The van der Waals surface area contributed by atoms with Crippen LogP contribution in [0, 0.1) is 0 Å². The van der Waals surface area contributed by atoms with Crippen LogP contribution in [0.1, 0.15) is 21.5 Å². The minimum Gasteiger partial charge on any atom is -0.399 e. The number of anilines is 1. The van der Waals surface area contributed by atoms with E-state index in [1.807, 2.05) is 18.2 Å². The first kappa shape index (κ1) is 17.5. The number of benzene rings is 2. The van der Waals surface area contributed by atoms with Crippen LogP contribution in [0.2, 0.25) is 0 Å². The number of carbonyl (C=O) groups is 3. The molecule has 1 unspecified atom stereocenters. The second-order valence-corrected chi connectivity index (χ2v) is 6.16. The predicted molar refractivity (Wildman–Crippen MR) is 97.3 cm³/mol. The third-order valence-electron chi connectivity index (χ3n) is 4.35. The van der Waals surface area contributed by atoms with E-state index in [4.69, 9.17) is 5.73 Å². The number of amides is 4. The Labute approximate surface area is 151 Å². The summed E-state index contributed by atoms with van der Waals surface area (Å²) in [5.74, 6) is -0.526.